The summed E-state index contributed by atoms with van der Waals surface area (Å²) in [6.07, 6.45) is 3.01. The number of pyridine rings is 1. The Morgan fingerprint density at radius 2 is 2.20 bits per heavy atom. The van der Waals surface area contributed by atoms with E-state index in [2.05, 4.69) is 0 Å². The van der Waals surface area contributed by atoms with Gasteiger partial charge in [0.2, 0.25) is 0 Å². The van der Waals surface area contributed by atoms with Gasteiger partial charge in [0.15, 0.2) is 11.2 Å². The maximum atomic E-state index is 13.9. The first kappa shape index (κ1) is 13.3. The van der Waals surface area contributed by atoms with E-state index in [4.69, 9.17) is 11.6 Å². The number of hydrogen-bond acceptors (Lipinski definition) is 2. The minimum Gasteiger partial charge on any atom is -0.343 e. The topological polar surface area (TPSA) is 39.1 Å². The van der Waals surface area contributed by atoms with Gasteiger partial charge in [-0.1, -0.05) is 11.6 Å². The molecule has 1 aromatic carbocycles. The van der Waals surface area contributed by atoms with Crippen LogP contribution in [0.25, 0.3) is 10.9 Å². The van der Waals surface area contributed by atoms with Gasteiger partial charge in [0.25, 0.3) is 0 Å². The van der Waals surface area contributed by atoms with Gasteiger partial charge in [-0.05, 0) is 38.3 Å². The Bertz CT molecular complexity index is 810. The second-order valence-electron chi connectivity index (χ2n) is 5.27. The van der Waals surface area contributed by atoms with Gasteiger partial charge in [0.05, 0.1) is 16.1 Å². The number of carbonyl (C=O) groups excluding carboxylic acids is 1. The monoisotopic (exact) mass is 293 g/mol. The number of nitrogens with zero attached hydrogens (tertiary/aromatic N) is 1. The SMILES string of the molecule is CC(=O)c1cn2c3c(c(Cl)c(F)cc3c1=O)CCC2C. The molecule has 1 atom stereocenters. The molecule has 0 fully saturated rings. The summed E-state index contributed by atoms with van der Waals surface area (Å²) in [5, 5.41) is 0.314. The lowest BCUT2D eigenvalue weighted by molar-refractivity contribution is 0.101. The average molecular weight is 294 g/mol. The lowest BCUT2D eigenvalue weighted by atomic mass is 9.95. The first-order valence-corrected chi connectivity index (χ1v) is 6.86. The number of Topliss-reactive ketones (excluding diaryl/α,β-unsaturated/α-hetero) is 1. The molecule has 2 heterocycles. The Kier molecular flexibility index (Phi) is 2.94. The normalized spacial score (nSPS) is 17.5. The second-order valence-corrected chi connectivity index (χ2v) is 5.65. The van der Waals surface area contributed by atoms with Crippen LogP contribution >= 0.6 is 11.6 Å². The van der Waals surface area contributed by atoms with Crippen LogP contribution < -0.4 is 5.43 Å². The number of aryl methyl sites for hydroxylation is 1. The maximum Gasteiger partial charge on any atom is 0.200 e. The highest BCUT2D eigenvalue weighted by Crippen LogP contribution is 2.35. The van der Waals surface area contributed by atoms with Gasteiger partial charge in [-0.15, -0.1) is 0 Å². The molecule has 1 aliphatic heterocycles. The number of rotatable bonds is 1. The third-order valence-corrected chi connectivity index (χ3v) is 4.38. The van der Waals surface area contributed by atoms with E-state index in [0.717, 1.165) is 12.5 Å². The summed E-state index contributed by atoms with van der Waals surface area (Å²) in [6.45, 7) is 3.35. The zero-order valence-corrected chi connectivity index (χ0v) is 11.9. The Balaban J connectivity index is 2.57. The van der Waals surface area contributed by atoms with Gasteiger partial charge in [-0.2, -0.15) is 0 Å². The van der Waals surface area contributed by atoms with Crippen LogP contribution in [0.1, 0.15) is 42.2 Å². The zero-order chi connectivity index (χ0) is 14.6. The first-order valence-electron chi connectivity index (χ1n) is 6.48. The van der Waals surface area contributed by atoms with Crippen molar-refractivity contribution < 1.29 is 9.18 Å². The summed E-state index contributed by atoms with van der Waals surface area (Å²) in [5.41, 5.74) is 0.991. The Morgan fingerprint density at radius 3 is 2.85 bits per heavy atom. The summed E-state index contributed by atoms with van der Waals surface area (Å²) in [4.78, 5) is 23.9. The van der Waals surface area contributed by atoms with Crippen LogP contribution in [-0.2, 0) is 6.42 Å². The van der Waals surface area contributed by atoms with Crippen molar-refractivity contribution in [3.63, 3.8) is 0 Å². The maximum absolute atomic E-state index is 13.9. The third kappa shape index (κ3) is 1.71. The molecule has 1 aliphatic rings. The smallest absolute Gasteiger partial charge is 0.200 e. The van der Waals surface area contributed by atoms with Crippen LogP contribution in [0.3, 0.4) is 0 Å². The highest BCUT2D eigenvalue weighted by Gasteiger charge is 2.25. The molecule has 1 unspecified atom stereocenters. The molecule has 2 aromatic rings. The molecule has 0 N–H and O–H groups in total. The second kappa shape index (κ2) is 4.42. The van der Waals surface area contributed by atoms with Gasteiger partial charge in [0, 0.05) is 17.6 Å². The number of ketones is 1. The summed E-state index contributed by atoms with van der Waals surface area (Å²) in [5.74, 6) is -0.914. The minimum atomic E-state index is -0.604. The molecular weight excluding hydrogens is 281 g/mol. The van der Waals surface area contributed by atoms with Crippen molar-refractivity contribution in [1.82, 2.24) is 4.57 Å². The van der Waals surface area contributed by atoms with E-state index >= 15 is 0 Å². The fourth-order valence-corrected chi connectivity index (χ4v) is 3.10. The van der Waals surface area contributed by atoms with Crippen molar-refractivity contribution in [3.8, 4) is 0 Å². The lowest BCUT2D eigenvalue weighted by Crippen LogP contribution is -2.23. The van der Waals surface area contributed by atoms with Gasteiger partial charge in [-0.25, -0.2) is 4.39 Å². The largest absolute Gasteiger partial charge is 0.343 e. The predicted octanol–water partition coefficient (Wildman–Crippen LogP) is 3.50. The number of halogens is 2. The van der Waals surface area contributed by atoms with E-state index in [0.29, 0.717) is 17.5 Å². The Hall–Kier alpha value is -1.68. The van der Waals surface area contributed by atoms with E-state index in [1.807, 2.05) is 11.5 Å². The van der Waals surface area contributed by atoms with Crippen LogP contribution in [-0.4, -0.2) is 10.4 Å². The van der Waals surface area contributed by atoms with E-state index < -0.39 is 11.2 Å². The van der Waals surface area contributed by atoms with E-state index in [1.54, 1.807) is 6.20 Å². The van der Waals surface area contributed by atoms with E-state index in [1.165, 1.54) is 6.92 Å². The van der Waals surface area contributed by atoms with Crippen molar-refractivity contribution in [2.45, 2.75) is 32.7 Å². The highest BCUT2D eigenvalue weighted by atomic mass is 35.5. The van der Waals surface area contributed by atoms with Gasteiger partial charge in [-0.3, -0.25) is 9.59 Å². The molecular formula is C15H13ClFNO2. The van der Waals surface area contributed by atoms with Crippen molar-refractivity contribution >= 4 is 28.3 Å². The minimum absolute atomic E-state index is 0.0770. The molecule has 3 rings (SSSR count). The fourth-order valence-electron chi connectivity index (χ4n) is 2.86. The van der Waals surface area contributed by atoms with Crippen LogP contribution in [0, 0.1) is 5.82 Å². The number of carbonyl (C=O) groups is 1. The van der Waals surface area contributed by atoms with Crippen molar-refractivity contribution in [1.29, 1.82) is 0 Å². The van der Waals surface area contributed by atoms with E-state index in [9.17, 15) is 14.0 Å². The molecule has 3 nitrogen and oxygen atoms in total. The Labute approximate surface area is 120 Å². The average Bonchev–Trinajstić information content (AvgIpc) is 2.39. The predicted molar refractivity (Wildman–Crippen MR) is 76.2 cm³/mol. The molecule has 0 radical (unpaired) electrons. The molecule has 20 heavy (non-hydrogen) atoms. The van der Waals surface area contributed by atoms with Crippen molar-refractivity contribution in [2.75, 3.05) is 0 Å². The summed E-state index contributed by atoms with van der Waals surface area (Å²) in [7, 11) is 0. The van der Waals surface area contributed by atoms with E-state index in [-0.39, 0.29) is 27.8 Å². The molecule has 0 spiro atoms. The lowest BCUT2D eigenvalue weighted by Gasteiger charge is -2.27. The zero-order valence-electron chi connectivity index (χ0n) is 11.2. The summed E-state index contributed by atoms with van der Waals surface area (Å²) >= 11 is 6.02. The van der Waals surface area contributed by atoms with Crippen LogP contribution in [0.4, 0.5) is 4.39 Å². The molecule has 104 valence electrons. The molecule has 0 saturated heterocycles. The molecule has 5 heteroatoms. The summed E-state index contributed by atoms with van der Waals surface area (Å²) < 4.78 is 15.8. The fraction of sp³-hybridized carbons (Fsp3) is 0.333. The number of aromatic nitrogens is 1. The van der Waals surface area contributed by atoms with Gasteiger partial charge < -0.3 is 4.57 Å². The van der Waals surface area contributed by atoms with Gasteiger partial charge in [0.1, 0.15) is 5.82 Å². The third-order valence-electron chi connectivity index (χ3n) is 3.97. The molecule has 1 aromatic heterocycles. The van der Waals surface area contributed by atoms with Crippen LogP contribution in [0.5, 0.6) is 0 Å². The quantitative estimate of drug-likeness (QED) is 0.755. The van der Waals surface area contributed by atoms with Crippen molar-refractivity contribution in [2.24, 2.45) is 0 Å². The van der Waals surface area contributed by atoms with Gasteiger partial charge >= 0.3 is 0 Å². The number of benzene rings is 1. The standard InChI is InChI=1S/C15H13ClFNO2/c1-7-3-4-9-13(16)12(17)5-10-14(9)18(7)6-11(8(2)19)15(10)20/h5-7H,3-4H2,1-2H3. The molecule has 0 aliphatic carbocycles. The number of hydrogen-bond donors (Lipinski definition) is 0. The summed E-state index contributed by atoms with van der Waals surface area (Å²) in [6, 6.07) is 1.29. The molecule has 0 amide bonds. The Morgan fingerprint density at radius 1 is 1.50 bits per heavy atom. The first-order chi connectivity index (χ1) is 9.41. The highest BCUT2D eigenvalue weighted by molar-refractivity contribution is 6.32. The molecule has 0 saturated carbocycles. The van der Waals surface area contributed by atoms with Crippen molar-refractivity contribution in [3.05, 3.63) is 44.5 Å². The molecule has 0 bridgehead atoms. The van der Waals surface area contributed by atoms with Crippen LogP contribution in [0.15, 0.2) is 17.1 Å². The van der Waals surface area contributed by atoms with Crippen LogP contribution in [0.2, 0.25) is 5.02 Å².